The van der Waals surface area contributed by atoms with Crippen molar-refractivity contribution in [1.29, 1.82) is 0 Å². The maximum atomic E-state index is 5.20. The molecule has 21 heavy (non-hydrogen) atoms. The summed E-state index contributed by atoms with van der Waals surface area (Å²) in [4.78, 5) is 0.349. The number of methoxy groups -OCH3 is 1. The number of hydrogen-bond acceptors (Lipinski definition) is 1. The van der Waals surface area contributed by atoms with Crippen molar-refractivity contribution in [3.05, 3.63) is 64.7 Å². The second kappa shape index (κ2) is 7.65. The predicted octanol–water partition coefficient (Wildman–Crippen LogP) is 5.50. The Morgan fingerprint density at radius 3 is 2.19 bits per heavy atom. The average Bonchev–Trinajstić information content (AvgIpc) is 2.54. The summed E-state index contributed by atoms with van der Waals surface area (Å²) in [7, 11) is 1.70. The lowest BCUT2D eigenvalue weighted by Gasteiger charge is -2.14. The summed E-state index contributed by atoms with van der Waals surface area (Å²) >= 11 is 3.84. The van der Waals surface area contributed by atoms with Gasteiger partial charge in [-0.15, -0.1) is 0 Å². The van der Waals surface area contributed by atoms with E-state index in [1.165, 1.54) is 22.3 Å². The highest BCUT2D eigenvalue weighted by atomic mass is 79.9. The number of rotatable bonds is 6. The van der Waals surface area contributed by atoms with Crippen LogP contribution in [0, 0.1) is 0 Å². The van der Waals surface area contributed by atoms with Gasteiger partial charge in [-0.05, 0) is 53.6 Å². The van der Waals surface area contributed by atoms with Gasteiger partial charge in [-0.25, -0.2) is 0 Å². The van der Waals surface area contributed by atoms with Crippen LogP contribution in [0.25, 0.3) is 0 Å². The van der Waals surface area contributed by atoms with Crippen molar-refractivity contribution in [2.24, 2.45) is 0 Å². The van der Waals surface area contributed by atoms with Gasteiger partial charge in [-0.3, -0.25) is 0 Å². The Kier molecular flexibility index (Phi) is 5.86. The van der Waals surface area contributed by atoms with E-state index in [4.69, 9.17) is 4.74 Å². The molecule has 0 saturated carbocycles. The minimum absolute atomic E-state index is 0.349. The van der Waals surface area contributed by atoms with Crippen LogP contribution in [0.4, 0.5) is 0 Å². The molecule has 2 aromatic rings. The second-order valence-electron chi connectivity index (χ2n) is 5.25. The molecule has 1 nitrogen and oxygen atoms in total. The van der Waals surface area contributed by atoms with Crippen LogP contribution in [0.15, 0.2) is 42.5 Å². The smallest absolute Gasteiger partial charge is 0.118 e. The van der Waals surface area contributed by atoms with Gasteiger partial charge >= 0.3 is 0 Å². The second-order valence-corrected chi connectivity index (χ2v) is 6.36. The molecule has 0 N–H and O–H groups in total. The van der Waals surface area contributed by atoms with Crippen LogP contribution < -0.4 is 4.74 Å². The first-order valence-electron chi connectivity index (χ1n) is 7.56. The molecule has 0 aliphatic carbocycles. The van der Waals surface area contributed by atoms with Gasteiger partial charge in [0.15, 0.2) is 0 Å². The van der Waals surface area contributed by atoms with Crippen molar-refractivity contribution in [1.82, 2.24) is 0 Å². The van der Waals surface area contributed by atoms with E-state index in [1.807, 2.05) is 12.1 Å². The molecule has 0 heterocycles. The molecule has 1 unspecified atom stereocenters. The average molecular weight is 347 g/mol. The van der Waals surface area contributed by atoms with Crippen LogP contribution in [0.3, 0.4) is 0 Å². The quantitative estimate of drug-likeness (QED) is 0.627. The maximum Gasteiger partial charge on any atom is 0.118 e. The van der Waals surface area contributed by atoms with E-state index in [1.54, 1.807) is 7.11 Å². The number of ether oxygens (including phenoxy) is 1. The molecule has 0 aliphatic heterocycles. The Bertz CT molecular complexity index is 575. The largest absolute Gasteiger partial charge is 0.497 e. The zero-order chi connectivity index (χ0) is 15.2. The standard InChI is InChI=1S/C19H23BrO/c1-4-15-8-9-17(13-16(15)5-2)19(20)12-14-6-10-18(21-3)11-7-14/h6-11,13,19H,4-5,12H2,1-3H3. The third kappa shape index (κ3) is 4.10. The molecular formula is C19H23BrO. The molecule has 2 aromatic carbocycles. The fourth-order valence-corrected chi connectivity index (χ4v) is 3.26. The first-order valence-corrected chi connectivity index (χ1v) is 8.48. The van der Waals surface area contributed by atoms with Crippen molar-refractivity contribution in [3.63, 3.8) is 0 Å². The zero-order valence-corrected chi connectivity index (χ0v) is 14.6. The minimum atomic E-state index is 0.349. The van der Waals surface area contributed by atoms with Gasteiger partial charge in [0.2, 0.25) is 0 Å². The number of alkyl halides is 1. The molecule has 2 rings (SSSR count). The Morgan fingerprint density at radius 2 is 1.62 bits per heavy atom. The van der Waals surface area contributed by atoms with Gasteiger partial charge in [-0.1, -0.05) is 60.1 Å². The maximum absolute atomic E-state index is 5.20. The van der Waals surface area contributed by atoms with Gasteiger partial charge in [-0.2, -0.15) is 0 Å². The Morgan fingerprint density at radius 1 is 0.952 bits per heavy atom. The van der Waals surface area contributed by atoms with Crippen molar-refractivity contribution in [2.45, 2.75) is 37.9 Å². The molecule has 0 amide bonds. The van der Waals surface area contributed by atoms with Gasteiger partial charge in [0.05, 0.1) is 7.11 Å². The molecule has 0 saturated heterocycles. The van der Waals surface area contributed by atoms with Gasteiger partial charge in [0, 0.05) is 4.83 Å². The molecule has 0 radical (unpaired) electrons. The predicted molar refractivity (Wildman–Crippen MR) is 93.6 cm³/mol. The highest BCUT2D eigenvalue weighted by molar-refractivity contribution is 9.09. The fraction of sp³-hybridized carbons (Fsp3) is 0.368. The summed E-state index contributed by atoms with van der Waals surface area (Å²) in [5, 5.41) is 0. The lowest BCUT2D eigenvalue weighted by Crippen LogP contribution is -1.99. The molecule has 0 aliphatic rings. The van der Waals surface area contributed by atoms with E-state index < -0.39 is 0 Å². The van der Waals surface area contributed by atoms with E-state index in [-0.39, 0.29) is 0 Å². The van der Waals surface area contributed by atoms with Crippen LogP contribution >= 0.6 is 15.9 Å². The Balaban J connectivity index is 2.13. The van der Waals surface area contributed by atoms with Gasteiger partial charge in [0.1, 0.15) is 5.75 Å². The van der Waals surface area contributed by atoms with Crippen LogP contribution in [0.5, 0.6) is 5.75 Å². The third-order valence-electron chi connectivity index (χ3n) is 3.93. The number of benzene rings is 2. The molecule has 0 bridgehead atoms. The van der Waals surface area contributed by atoms with Crippen molar-refractivity contribution in [2.75, 3.05) is 7.11 Å². The van der Waals surface area contributed by atoms with Crippen molar-refractivity contribution in [3.8, 4) is 5.75 Å². The van der Waals surface area contributed by atoms with Crippen molar-refractivity contribution < 1.29 is 4.74 Å². The van der Waals surface area contributed by atoms with E-state index in [2.05, 4.69) is 60.1 Å². The Labute approximate surface area is 136 Å². The molecule has 0 spiro atoms. The topological polar surface area (TPSA) is 9.23 Å². The van der Waals surface area contributed by atoms with Crippen LogP contribution in [-0.2, 0) is 19.3 Å². The first-order chi connectivity index (χ1) is 10.2. The molecular weight excluding hydrogens is 324 g/mol. The highest BCUT2D eigenvalue weighted by Crippen LogP contribution is 2.29. The van der Waals surface area contributed by atoms with E-state index in [9.17, 15) is 0 Å². The number of hydrogen-bond donors (Lipinski definition) is 0. The monoisotopic (exact) mass is 346 g/mol. The Hall–Kier alpha value is -1.28. The summed E-state index contributed by atoms with van der Waals surface area (Å²) in [5.74, 6) is 0.908. The molecule has 2 heteroatoms. The van der Waals surface area contributed by atoms with E-state index in [0.29, 0.717) is 4.83 Å². The normalized spacial score (nSPS) is 12.2. The SMILES string of the molecule is CCc1ccc(C(Br)Cc2ccc(OC)cc2)cc1CC. The highest BCUT2D eigenvalue weighted by Gasteiger charge is 2.10. The van der Waals surface area contributed by atoms with Crippen LogP contribution in [-0.4, -0.2) is 7.11 Å². The van der Waals surface area contributed by atoms with Gasteiger partial charge < -0.3 is 4.74 Å². The summed E-state index contributed by atoms with van der Waals surface area (Å²) in [6, 6.07) is 15.2. The molecule has 1 atom stereocenters. The molecule has 0 aromatic heterocycles. The lowest BCUT2D eigenvalue weighted by atomic mass is 9.97. The van der Waals surface area contributed by atoms with E-state index >= 15 is 0 Å². The molecule has 0 fully saturated rings. The zero-order valence-electron chi connectivity index (χ0n) is 13.0. The summed E-state index contributed by atoms with van der Waals surface area (Å²) < 4.78 is 5.20. The van der Waals surface area contributed by atoms with Crippen LogP contribution in [0.1, 0.15) is 40.9 Å². The van der Waals surface area contributed by atoms with Crippen molar-refractivity contribution >= 4 is 15.9 Å². The van der Waals surface area contributed by atoms with E-state index in [0.717, 1.165) is 25.0 Å². The summed E-state index contributed by atoms with van der Waals surface area (Å²) in [6.45, 7) is 4.45. The summed E-state index contributed by atoms with van der Waals surface area (Å²) in [5.41, 5.74) is 5.61. The third-order valence-corrected chi connectivity index (χ3v) is 4.78. The van der Waals surface area contributed by atoms with Gasteiger partial charge in [0.25, 0.3) is 0 Å². The minimum Gasteiger partial charge on any atom is -0.497 e. The number of aryl methyl sites for hydroxylation is 2. The lowest BCUT2D eigenvalue weighted by molar-refractivity contribution is 0.414. The first kappa shape index (κ1) is 16.1. The fourth-order valence-electron chi connectivity index (χ4n) is 2.60. The number of halogens is 1. The van der Waals surface area contributed by atoms with Crippen LogP contribution in [0.2, 0.25) is 0 Å². The summed E-state index contributed by atoms with van der Waals surface area (Å²) in [6.07, 6.45) is 3.19. The molecule has 112 valence electrons.